The lowest BCUT2D eigenvalue weighted by Gasteiger charge is -2.01. The van der Waals surface area contributed by atoms with E-state index in [4.69, 9.17) is 9.47 Å². The molecule has 2 aromatic carbocycles. The van der Waals surface area contributed by atoms with E-state index in [1.54, 1.807) is 0 Å². The van der Waals surface area contributed by atoms with Gasteiger partial charge in [0.2, 0.25) is 0 Å². The SMILES string of the molecule is CCOc1ccc(/C=C/c2nsc(/C=C/c3ccc(OCC)cc3)n2)cc1. The normalized spacial score (nSPS) is 11.3. The molecule has 0 saturated carbocycles. The van der Waals surface area contributed by atoms with Gasteiger partial charge in [0, 0.05) is 0 Å². The first kappa shape index (κ1) is 18.9. The van der Waals surface area contributed by atoms with Gasteiger partial charge in [-0.25, -0.2) is 4.98 Å². The first-order valence-electron chi connectivity index (χ1n) is 8.92. The highest BCUT2D eigenvalue weighted by atomic mass is 32.1. The average Bonchev–Trinajstić information content (AvgIpc) is 3.15. The largest absolute Gasteiger partial charge is 0.494 e. The summed E-state index contributed by atoms with van der Waals surface area (Å²) < 4.78 is 15.3. The molecule has 0 radical (unpaired) electrons. The molecule has 138 valence electrons. The lowest BCUT2D eigenvalue weighted by molar-refractivity contribution is 0.340. The molecule has 0 aliphatic heterocycles. The molecule has 4 nitrogen and oxygen atoms in total. The minimum Gasteiger partial charge on any atom is -0.494 e. The molecule has 0 amide bonds. The number of rotatable bonds is 8. The average molecular weight is 378 g/mol. The Hall–Kier alpha value is -2.92. The van der Waals surface area contributed by atoms with E-state index in [1.807, 2.05) is 86.7 Å². The van der Waals surface area contributed by atoms with Crippen LogP contribution in [0, 0.1) is 0 Å². The van der Waals surface area contributed by atoms with Crippen LogP contribution in [-0.2, 0) is 0 Å². The van der Waals surface area contributed by atoms with Crippen molar-refractivity contribution in [1.29, 1.82) is 0 Å². The zero-order valence-corrected chi connectivity index (χ0v) is 16.3. The number of hydrogen-bond donors (Lipinski definition) is 0. The standard InChI is InChI=1S/C22H22N2O2S/c1-3-25-19-11-5-17(6-12-19)9-15-21-23-22(27-24-21)16-10-18-7-13-20(14-8-18)26-4-2/h5-16H,3-4H2,1-2H3/b15-9+,16-10+. The summed E-state index contributed by atoms with van der Waals surface area (Å²) in [5.74, 6) is 2.47. The smallest absolute Gasteiger partial charge is 0.166 e. The monoisotopic (exact) mass is 378 g/mol. The first-order chi connectivity index (χ1) is 13.3. The predicted octanol–water partition coefficient (Wildman–Crippen LogP) is 5.68. The Morgan fingerprint density at radius 3 is 1.78 bits per heavy atom. The summed E-state index contributed by atoms with van der Waals surface area (Å²) >= 11 is 1.38. The van der Waals surface area contributed by atoms with Crippen LogP contribution in [0.15, 0.2) is 48.5 Å². The lowest BCUT2D eigenvalue weighted by atomic mass is 10.2. The van der Waals surface area contributed by atoms with Crippen molar-refractivity contribution in [2.24, 2.45) is 0 Å². The molecule has 0 fully saturated rings. The Morgan fingerprint density at radius 1 is 0.741 bits per heavy atom. The van der Waals surface area contributed by atoms with Crippen molar-refractivity contribution >= 4 is 35.8 Å². The molecule has 0 aliphatic carbocycles. The maximum atomic E-state index is 5.45. The zero-order chi connectivity index (χ0) is 18.9. The number of aromatic nitrogens is 2. The minimum atomic E-state index is 0.672. The van der Waals surface area contributed by atoms with Crippen LogP contribution in [0.2, 0.25) is 0 Å². The number of hydrogen-bond acceptors (Lipinski definition) is 5. The first-order valence-corrected chi connectivity index (χ1v) is 9.69. The highest BCUT2D eigenvalue weighted by Crippen LogP contribution is 2.17. The third-order valence-electron chi connectivity index (χ3n) is 3.68. The van der Waals surface area contributed by atoms with Crippen molar-refractivity contribution in [3.63, 3.8) is 0 Å². The van der Waals surface area contributed by atoms with Crippen LogP contribution in [0.1, 0.15) is 35.8 Å². The third kappa shape index (κ3) is 5.79. The Bertz CT molecular complexity index is 823. The molecule has 1 heterocycles. The van der Waals surface area contributed by atoms with Gasteiger partial charge in [-0.3, -0.25) is 0 Å². The van der Waals surface area contributed by atoms with E-state index in [9.17, 15) is 0 Å². The molecule has 0 N–H and O–H groups in total. The number of nitrogens with zero attached hydrogens (tertiary/aromatic N) is 2. The van der Waals surface area contributed by atoms with E-state index in [-0.39, 0.29) is 0 Å². The quantitative estimate of drug-likeness (QED) is 0.506. The van der Waals surface area contributed by atoms with Crippen molar-refractivity contribution in [3.05, 3.63) is 70.5 Å². The summed E-state index contributed by atoms with van der Waals surface area (Å²) in [5.41, 5.74) is 2.18. The molecule has 0 aliphatic rings. The molecular formula is C22H22N2O2S. The van der Waals surface area contributed by atoms with Crippen LogP contribution < -0.4 is 9.47 Å². The van der Waals surface area contributed by atoms with Gasteiger partial charge in [-0.1, -0.05) is 36.4 Å². The lowest BCUT2D eigenvalue weighted by Crippen LogP contribution is -1.90. The topological polar surface area (TPSA) is 44.2 Å². The fraction of sp³-hybridized carbons (Fsp3) is 0.182. The predicted molar refractivity (Wildman–Crippen MR) is 113 cm³/mol. The van der Waals surface area contributed by atoms with Gasteiger partial charge in [0.15, 0.2) is 5.82 Å². The van der Waals surface area contributed by atoms with E-state index >= 15 is 0 Å². The molecule has 0 bridgehead atoms. The summed E-state index contributed by atoms with van der Waals surface area (Å²) in [5, 5.41) is 0.871. The van der Waals surface area contributed by atoms with Crippen LogP contribution in [0.4, 0.5) is 0 Å². The van der Waals surface area contributed by atoms with Crippen molar-refractivity contribution < 1.29 is 9.47 Å². The van der Waals surface area contributed by atoms with Crippen molar-refractivity contribution in [3.8, 4) is 11.5 Å². The fourth-order valence-corrected chi connectivity index (χ4v) is 2.96. The molecule has 27 heavy (non-hydrogen) atoms. The molecule has 1 aromatic heterocycles. The fourth-order valence-electron chi connectivity index (χ4n) is 2.40. The highest BCUT2D eigenvalue weighted by molar-refractivity contribution is 7.06. The van der Waals surface area contributed by atoms with Crippen LogP contribution in [0.25, 0.3) is 24.3 Å². The molecule has 3 rings (SSSR count). The van der Waals surface area contributed by atoms with E-state index in [0.717, 1.165) is 27.6 Å². The van der Waals surface area contributed by atoms with Crippen LogP contribution in [0.3, 0.4) is 0 Å². The van der Waals surface area contributed by atoms with Crippen LogP contribution in [-0.4, -0.2) is 22.6 Å². The minimum absolute atomic E-state index is 0.672. The molecule has 3 aromatic rings. The zero-order valence-electron chi connectivity index (χ0n) is 15.5. The second-order valence-electron chi connectivity index (χ2n) is 5.66. The second-order valence-corrected chi connectivity index (χ2v) is 6.45. The molecule has 5 heteroatoms. The van der Waals surface area contributed by atoms with E-state index in [2.05, 4.69) is 9.36 Å². The Labute approximate surface area is 164 Å². The van der Waals surface area contributed by atoms with E-state index < -0.39 is 0 Å². The van der Waals surface area contributed by atoms with Gasteiger partial charge < -0.3 is 9.47 Å². The maximum absolute atomic E-state index is 5.45. The molecule has 0 atom stereocenters. The Balaban J connectivity index is 1.60. The molecule has 0 saturated heterocycles. The van der Waals surface area contributed by atoms with Gasteiger partial charge in [0.25, 0.3) is 0 Å². The van der Waals surface area contributed by atoms with Crippen molar-refractivity contribution in [1.82, 2.24) is 9.36 Å². The molecule has 0 spiro atoms. The van der Waals surface area contributed by atoms with Gasteiger partial charge in [-0.05, 0) is 72.9 Å². The second kappa shape index (κ2) is 9.69. The Morgan fingerprint density at radius 2 is 1.26 bits per heavy atom. The third-order valence-corrected chi connectivity index (χ3v) is 4.38. The van der Waals surface area contributed by atoms with Gasteiger partial charge in [0.05, 0.1) is 13.2 Å². The summed E-state index contributed by atoms with van der Waals surface area (Å²) in [6, 6.07) is 15.9. The van der Waals surface area contributed by atoms with Crippen molar-refractivity contribution in [2.45, 2.75) is 13.8 Å². The van der Waals surface area contributed by atoms with Crippen LogP contribution >= 0.6 is 11.5 Å². The van der Waals surface area contributed by atoms with Gasteiger partial charge in [-0.15, -0.1) is 0 Å². The molecular weight excluding hydrogens is 356 g/mol. The summed E-state index contributed by atoms with van der Waals surface area (Å²) in [6.45, 7) is 5.30. The van der Waals surface area contributed by atoms with Gasteiger partial charge in [-0.2, -0.15) is 4.37 Å². The Kier molecular flexibility index (Phi) is 6.77. The molecule has 0 unspecified atom stereocenters. The van der Waals surface area contributed by atoms with Gasteiger partial charge in [0.1, 0.15) is 16.5 Å². The number of ether oxygens (including phenoxy) is 2. The number of benzene rings is 2. The van der Waals surface area contributed by atoms with Crippen LogP contribution in [0.5, 0.6) is 11.5 Å². The van der Waals surface area contributed by atoms with E-state index in [0.29, 0.717) is 19.0 Å². The highest BCUT2D eigenvalue weighted by Gasteiger charge is 1.99. The summed E-state index contributed by atoms with van der Waals surface area (Å²) in [6.07, 6.45) is 7.91. The summed E-state index contributed by atoms with van der Waals surface area (Å²) in [7, 11) is 0. The maximum Gasteiger partial charge on any atom is 0.166 e. The van der Waals surface area contributed by atoms with Crippen molar-refractivity contribution in [2.75, 3.05) is 13.2 Å². The summed E-state index contributed by atoms with van der Waals surface area (Å²) in [4.78, 5) is 4.52. The van der Waals surface area contributed by atoms with E-state index in [1.165, 1.54) is 11.5 Å². The van der Waals surface area contributed by atoms with Gasteiger partial charge >= 0.3 is 0 Å².